The van der Waals surface area contributed by atoms with Crippen LogP contribution < -0.4 is 0 Å². The van der Waals surface area contributed by atoms with E-state index >= 15 is 0 Å². The Balaban J connectivity index is 1.37. The Kier molecular flexibility index (Phi) is 10.9. The summed E-state index contributed by atoms with van der Waals surface area (Å²) in [5.74, 6) is 1.71. The summed E-state index contributed by atoms with van der Waals surface area (Å²) in [6.07, 6.45) is 0.837. The second-order valence-electron chi connectivity index (χ2n) is 10.8. The van der Waals surface area contributed by atoms with Crippen LogP contribution in [0.4, 0.5) is 0 Å². The average Bonchev–Trinajstić information content (AvgIpc) is 2.92. The van der Waals surface area contributed by atoms with Crippen molar-refractivity contribution >= 4 is 11.8 Å². The number of methoxy groups -OCH3 is 1. The molecule has 0 aromatic heterocycles. The third kappa shape index (κ3) is 7.81. The molecular formula is C31H44O5S. The molecule has 3 unspecified atom stereocenters. The summed E-state index contributed by atoms with van der Waals surface area (Å²) in [5.41, 5.74) is 2.47. The summed E-state index contributed by atoms with van der Waals surface area (Å²) in [7, 11) is 1.73. The zero-order valence-electron chi connectivity index (χ0n) is 23.0. The SMILES string of the molecule is CO[C@H]1OC(COCc2ccccc2)[C@H](S[C@H]2C[C@@H](C)[C@H](C)C(COCc3ccccc3)O2)[C@H](C)C1C. The standard InChI is InChI=1S/C31H44O5S/c1-21-16-29(35-27(22(21)2)19-33-17-25-12-8-6-9-13-25)37-30-23(3)24(4)31(32-5)36-28(30)20-34-18-26-14-10-7-11-15-26/h6-15,21-24,27-31H,16-20H2,1-5H3/t21-,22+,23-,24?,27?,28?,29+,30-,31+/m1/s1. The van der Waals surface area contributed by atoms with Gasteiger partial charge in [0.2, 0.25) is 0 Å². The Hall–Kier alpha value is -1.41. The maximum absolute atomic E-state index is 6.68. The molecule has 4 rings (SSSR count). The van der Waals surface area contributed by atoms with Gasteiger partial charge in [-0.2, -0.15) is 0 Å². The van der Waals surface area contributed by atoms with Crippen molar-refractivity contribution in [1.29, 1.82) is 0 Å². The van der Waals surface area contributed by atoms with Crippen LogP contribution in [0.15, 0.2) is 60.7 Å². The van der Waals surface area contributed by atoms with Gasteiger partial charge in [-0.15, -0.1) is 11.8 Å². The number of hydrogen-bond donors (Lipinski definition) is 0. The van der Waals surface area contributed by atoms with E-state index in [9.17, 15) is 0 Å². The van der Waals surface area contributed by atoms with Crippen LogP contribution in [0.1, 0.15) is 45.2 Å². The highest BCUT2D eigenvalue weighted by molar-refractivity contribution is 8.00. The van der Waals surface area contributed by atoms with E-state index in [1.165, 1.54) is 11.1 Å². The maximum atomic E-state index is 6.68. The number of hydrogen-bond acceptors (Lipinski definition) is 6. The molecule has 0 saturated carbocycles. The summed E-state index contributed by atoms with van der Waals surface area (Å²) < 4.78 is 31.1. The summed E-state index contributed by atoms with van der Waals surface area (Å²) >= 11 is 1.92. The summed E-state index contributed by atoms with van der Waals surface area (Å²) in [6, 6.07) is 20.6. The molecule has 204 valence electrons. The van der Waals surface area contributed by atoms with E-state index in [4.69, 9.17) is 23.7 Å². The fourth-order valence-corrected chi connectivity index (χ4v) is 7.11. The second kappa shape index (κ2) is 14.1. The quantitative estimate of drug-likeness (QED) is 0.329. The van der Waals surface area contributed by atoms with Crippen LogP contribution in [0.3, 0.4) is 0 Å². The van der Waals surface area contributed by atoms with Gasteiger partial charge < -0.3 is 23.7 Å². The normalized spacial score (nSPS) is 34.4. The van der Waals surface area contributed by atoms with E-state index in [1.807, 2.05) is 36.0 Å². The number of rotatable bonds is 11. The minimum absolute atomic E-state index is 0.0594. The monoisotopic (exact) mass is 528 g/mol. The second-order valence-corrected chi connectivity index (χ2v) is 12.1. The fraction of sp³-hybridized carbons (Fsp3) is 0.613. The molecule has 2 saturated heterocycles. The highest BCUT2D eigenvalue weighted by atomic mass is 32.2. The van der Waals surface area contributed by atoms with Gasteiger partial charge in [0.05, 0.1) is 38.6 Å². The van der Waals surface area contributed by atoms with E-state index in [0.29, 0.717) is 44.2 Å². The predicted octanol–water partition coefficient (Wildman–Crippen LogP) is 6.55. The summed E-state index contributed by atoms with van der Waals surface area (Å²) in [4.78, 5) is 0. The van der Waals surface area contributed by atoms with Gasteiger partial charge in [-0.1, -0.05) is 88.4 Å². The third-order valence-corrected chi connectivity index (χ3v) is 9.81. The molecule has 5 nitrogen and oxygen atoms in total. The molecule has 0 N–H and O–H groups in total. The predicted molar refractivity (Wildman–Crippen MR) is 149 cm³/mol. The van der Waals surface area contributed by atoms with Crippen LogP contribution in [0, 0.1) is 23.7 Å². The van der Waals surface area contributed by atoms with Crippen molar-refractivity contribution in [2.75, 3.05) is 20.3 Å². The lowest BCUT2D eigenvalue weighted by Crippen LogP contribution is -2.51. The molecule has 2 heterocycles. The van der Waals surface area contributed by atoms with E-state index in [1.54, 1.807) is 7.11 Å². The minimum Gasteiger partial charge on any atom is -0.374 e. The van der Waals surface area contributed by atoms with Crippen molar-refractivity contribution in [3.05, 3.63) is 71.8 Å². The molecule has 2 aliphatic rings. The van der Waals surface area contributed by atoms with Crippen molar-refractivity contribution in [3.8, 4) is 0 Å². The van der Waals surface area contributed by atoms with Gasteiger partial charge in [-0.05, 0) is 35.3 Å². The third-order valence-electron chi connectivity index (χ3n) is 8.16. The zero-order valence-corrected chi connectivity index (χ0v) is 23.8. The van der Waals surface area contributed by atoms with E-state index in [-0.39, 0.29) is 35.1 Å². The number of ether oxygens (including phenoxy) is 5. The van der Waals surface area contributed by atoms with Crippen LogP contribution >= 0.6 is 11.8 Å². The molecule has 0 spiro atoms. The largest absolute Gasteiger partial charge is 0.374 e. The molecule has 2 aromatic carbocycles. The van der Waals surface area contributed by atoms with Gasteiger partial charge in [-0.3, -0.25) is 0 Å². The first-order valence-corrected chi connectivity index (χ1v) is 14.6. The van der Waals surface area contributed by atoms with E-state index < -0.39 is 0 Å². The van der Waals surface area contributed by atoms with Gasteiger partial charge in [0, 0.05) is 18.3 Å². The molecule has 0 radical (unpaired) electrons. The molecular weight excluding hydrogens is 484 g/mol. The van der Waals surface area contributed by atoms with Gasteiger partial charge in [-0.25, -0.2) is 0 Å². The van der Waals surface area contributed by atoms with Crippen LogP contribution in [-0.2, 0) is 36.9 Å². The minimum atomic E-state index is -0.220. The van der Waals surface area contributed by atoms with Crippen LogP contribution in [0.2, 0.25) is 0 Å². The fourth-order valence-electron chi connectivity index (χ4n) is 5.32. The van der Waals surface area contributed by atoms with Crippen LogP contribution in [-0.4, -0.2) is 49.5 Å². The number of benzene rings is 2. The van der Waals surface area contributed by atoms with Crippen molar-refractivity contribution in [1.82, 2.24) is 0 Å². The average molecular weight is 529 g/mol. The van der Waals surface area contributed by atoms with Gasteiger partial charge >= 0.3 is 0 Å². The first-order chi connectivity index (χ1) is 18.0. The molecule has 6 heteroatoms. The van der Waals surface area contributed by atoms with E-state index in [2.05, 4.69) is 64.1 Å². The Morgan fingerprint density at radius 2 is 1.30 bits per heavy atom. The lowest BCUT2D eigenvalue weighted by molar-refractivity contribution is -0.227. The Morgan fingerprint density at radius 1 is 0.730 bits per heavy atom. The van der Waals surface area contributed by atoms with E-state index in [0.717, 1.165) is 6.42 Å². The van der Waals surface area contributed by atoms with Crippen molar-refractivity contribution in [2.45, 2.75) is 76.5 Å². The topological polar surface area (TPSA) is 46.2 Å². The zero-order chi connectivity index (χ0) is 26.2. The Bertz CT molecular complexity index is 912. The highest BCUT2D eigenvalue weighted by Crippen LogP contribution is 2.44. The molecule has 2 fully saturated rings. The summed E-state index contributed by atoms with van der Waals surface area (Å²) in [6.45, 7) is 11.5. The maximum Gasteiger partial charge on any atom is 0.160 e. The Morgan fingerprint density at radius 3 is 1.86 bits per heavy atom. The van der Waals surface area contributed by atoms with Crippen molar-refractivity contribution < 1.29 is 23.7 Å². The lowest BCUT2D eigenvalue weighted by Gasteiger charge is -2.46. The number of thioether (sulfide) groups is 1. The molecule has 0 amide bonds. The molecule has 9 atom stereocenters. The summed E-state index contributed by atoms with van der Waals surface area (Å²) in [5, 5.41) is 0.258. The first kappa shape index (κ1) is 28.6. The van der Waals surface area contributed by atoms with Crippen LogP contribution in [0.25, 0.3) is 0 Å². The smallest absolute Gasteiger partial charge is 0.160 e. The molecule has 2 aliphatic heterocycles. The highest BCUT2D eigenvalue weighted by Gasteiger charge is 2.45. The van der Waals surface area contributed by atoms with Gasteiger partial charge in [0.25, 0.3) is 0 Å². The lowest BCUT2D eigenvalue weighted by atomic mass is 9.86. The van der Waals surface area contributed by atoms with Crippen LogP contribution in [0.5, 0.6) is 0 Å². The van der Waals surface area contributed by atoms with Crippen molar-refractivity contribution in [2.24, 2.45) is 23.7 Å². The Labute approximate surface area is 227 Å². The molecule has 2 aromatic rings. The van der Waals surface area contributed by atoms with Crippen molar-refractivity contribution in [3.63, 3.8) is 0 Å². The molecule has 37 heavy (non-hydrogen) atoms. The van der Waals surface area contributed by atoms with Gasteiger partial charge in [0.15, 0.2) is 6.29 Å². The molecule has 0 aliphatic carbocycles. The first-order valence-electron chi connectivity index (χ1n) is 13.7. The van der Waals surface area contributed by atoms with Gasteiger partial charge in [0.1, 0.15) is 5.44 Å². The molecule has 0 bridgehead atoms.